The summed E-state index contributed by atoms with van der Waals surface area (Å²) in [5, 5.41) is 9.28. The maximum Gasteiger partial charge on any atom is 0.304 e. The van der Waals surface area contributed by atoms with Crippen molar-refractivity contribution in [2.24, 2.45) is 0 Å². The molecular formula is C14H18ClFO2. The average molecular weight is 273 g/mol. The highest BCUT2D eigenvalue weighted by Gasteiger charge is 2.33. The van der Waals surface area contributed by atoms with Crippen molar-refractivity contribution < 1.29 is 14.3 Å². The molecule has 0 fully saturated rings. The van der Waals surface area contributed by atoms with Crippen LogP contribution in [0, 0.1) is 0 Å². The number of carbonyl (C=O) groups is 1. The Kier molecular flexibility index (Phi) is 4.06. The van der Waals surface area contributed by atoms with Crippen molar-refractivity contribution in [3.8, 4) is 0 Å². The smallest absolute Gasteiger partial charge is 0.304 e. The number of halogens is 2. The molecule has 0 aromatic heterocycles. The molecule has 0 amide bonds. The predicted molar refractivity (Wildman–Crippen MR) is 70.9 cm³/mol. The molecular weight excluding hydrogens is 255 g/mol. The number of rotatable bonds is 4. The quantitative estimate of drug-likeness (QED) is 0.887. The molecule has 0 unspecified atom stereocenters. The van der Waals surface area contributed by atoms with Gasteiger partial charge in [0.15, 0.2) is 0 Å². The van der Waals surface area contributed by atoms with Crippen LogP contribution in [0.5, 0.6) is 0 Å². The van der Waals surface area contributed by atoms with E-state index < -0.39 is 17.1 Å². The van der Waals surface area contributed by atoms with Gasteiger partial charge in [0.2, 0.25) is 0 Å². The van der Waals surface area contributed by atoms with Crippen LogP contribution in [0.1, 0.15) is 45.2 Å². The van der Waals surface area contributed by atoms with Gasteiger partial charge in [-0.1, -0.05) is 37.6 Å². The third-order valence-corrected chi connectivity index (χ3v) is 3.25. The van der Waals surface area contributed by atoms with Crippen LogP contribution in [0.2, 0.25) is 5.02 Å². The Bertz CT molecular complexity index is 461. The Balaban J connectivity index is 3.41. The summed E-state index contributed by atoms with van der Waals surface area (Å²) in [6.07, 6.45) is -0.0730. The number of alkyl halides is 1. The molecule has 0 radical (unpaired) electrons. The van der Waals surface area contributed by atoms with E-state index >= 15 is 0 Å². The second kappa shape index (κ2) is 4.88. The molecule has 0 spiro atoms. The lowest BCUT2D eigenvalue weighted by Gasteiger charge is -2.30. The molecule has 18 heavy (non-hydrogen) atoms. The van der Waals surface area contributed by atoms with Crippen molar-refractivity contribution in [2.45, 2.75) is 45.2 Å². The molecule has 0 bridgehead atoms. The van der Waals surface area contributed by atoms with Gasteiger partial charge >= 0.3 is 5.97 Å². The summed E-state index contributed by atoms with van der Waals surface area (Å²) in [7, 11) is 0. The van der Waals surface area contributed by atoms with E-state index in [1.54, 1.807) is 32.0 Å². The highest BCUT2D eigenvalue weighted by Crippen LogP contribution is 2.40. The second-order valence-electron chi connectivity index (χ2n) is 5.59. The van der Waals surface area contributed by atoms with Crippen LogP contribution in [-0.2, 0) is 15.9 Å². The zero-order valence-corrected chi connectivity index (χ0v) is 11.8. The number of aliphatic carboxylic acids is 1. The van der Waals surface area contributed by atoms with E-state index in [4.69, 9.17) is 16.7 Å². The minimum Gasteiger partial charge on any atom is -0.481 e. The maximum atomic E-state index is 14.3. The predicted octanol–water partition coefficient (Wildman–Crippen LogP) is 4.30. The van der Waals surface area contributed by atoms with Crippen molar-refractivity contribution >= 4 is 17.6 Å². The van der Waals surface area contributed by atoms with Crippen LogP contribution in [-0.4, -0.2) is 11.1 Å². The highest BCUT2D eigenvalue weighted by atomic mass is 35.5. The molecule has 0 saturated carbocycles. The molecule has 2 nitrogen and oxygen atoms in total. The van der Waals surface area contributed by atoms with Crippen molar-refractivity contribution in [1.29, 1.82) is 0 Å². The van der Waals surface area contributed by atoms with Gasteiger partial charge in [-0.25, -0.2) is 4.39 Å². The van der Waals surface area contributed by atoms with Crippen LogP contribution < -0.4 is 0 Å². The van der Waals surface area contributed by atoms with Gasteiger partial charge in [-0.05, 0) is 25.5 Å². The fourth-order valence-corrected chi connectivity index (χ4v) is 2.56. The first-order valence-corrected chi connectivity index (χ1v) is 6.13. The normalized spacial score (nSPS) is 12.6. The summed E-state index contributed by atoms with van der Waals surface area (Å²) in [6, 6.07) is 5.08. The Morgan fingerprint density at radius 3 is 2.33 bits per heavy atom. The van der Waals surface area contributed by atoms with E-state index in [0.717, 1.165) is 0 Å². The van der Waals surface area contributed by atoms with Gasteiger partial charge in [0.05, 0.1) is 6.42 Å². The summed E-state index contributed by atoms with van der Waals surface area (Å²) in [5.74, 6) is -0.914. The van der Waals surface area contributed by atoms with E-state index in [-0.39, 0.29) is 6.42 Å². The van der Waals surface area contributed by atoms with Gasteiger partial charge < -0.3 is 5.11 Å². The van der Waals surface area contributed by atoms with Gasteiger partial charge in [0.1, 0.15) is 5.67 Å². The Morgan fingerprint density at radius 1 is 1.33 bits per heavy atom. The number of hydrogen-bond donors (Lipinski definition) is 1. The van der Waals surface area contributed by atoms with Gasteiger partial charge in [0, 0.05) is 16.0 Å². The highest BCUT2D eigenvalue weighted by molar-refractivity contribution is 6.31. The second-order valence-corrected chi connectivity index (χ2v) is 6.00. The van der Waals surface area contributed by atoms with Crippen molar-refractivity contribution in [3.63, 3.8) is 0 Å². The molecule has 0 saturated heterocycles. The van der Waals surface area contributed by atoms with Crippen LogP contribution in [0.15, 0.2) is 18.2 Å². The average Bonchev–Trinajstić information content (AvgIpc) is 2.13. The van der Waals surface area contributed by atoms with Crippen LogP contribution in [0.25, 0.3) is 0 Å². The first-order valence-electron chi connectivity index (χ1n) is 5.76. The summed E-state index contributed by atoms with van der Waals surface area (Å²) in [5.41, 5.74) is -1.26. The fraction of sp³-hybridized carbons (Fsp3) is 0.500. The number of benzene rings is 1. The number of carboxylic acids is 1. The van der Waals surface area contributed by atoms with Gasteiger partial charge in [-0.15, -0.1) is 0 Å². The number of hydrogen-bond acceptors (Lipinski definition) is 1. The minimum absolute atomic E-state index is 0.0730. The van der Waals surface area contributed by atoms with Crippen LogP contribution in [0.3, 0.4) is 0 Å². The standard InChI is InChI=1S/C14H18ClFO2/c1-13(2,8-11(17)18)9-6-5-7-10(15)12(9)14(3,4)16/h5-7H,8H2,1-4H3,(H,17,18). The molecule has 0 aliphatic carbocycles. The van der Waals surface area contributed by atoms with Crippen LogP contribution in [0.4, 0.5) is 4.39 Å². The zero-order chi connectivity index (χ0) is 14.1. The van der Waals surface area contributed by atoms with E-state index in [2.05, 4.69) is 0 Å². The Hall–Kier alpha value is -1.09. The molecule has 0 atom stereocenters. The number of carboxylic acid groups (broad SMARTS) is 1. The molecule has 1 aromatic rings. The molecule has 1 aromatic carbocycles. The Labute approximate surface area is 112 Å². The molecule has 1 rings (SSSR count). The van der Waals surface area contributed by atoms with E-state index in [1.807, 2.05) is 0 Å². The monoisotopic (exact) mass is 272 g/mol. The lowest BCUT2D eigenvalue weighted by atomic mass is 9.76. The lowest BCUT2D eigenvalue weighted by molar-refractivity contribution is -0.138. The zero-order valence-electron chi connectivity index (χ0n) is 11.1. The molecule has 1 N–H and O–H groups in total. The van der Waals surface area contributed by atoms with E-state index in [0.29, 0.717) is 16.1 Å². The molecule has 0 heterocycles. The first kappa shape index (κ1) is 15.0. The summed E-state index contributed by atoms with van der Waals surface area (Å²) < 4.78 is 14.3. The molecule has 100 valence electrons. The van der Waals surface area contributed by atoms with Gasteiger partial charge in [-0.3, -0.25) is 4.79 Å². The van der Waals surface area contributed by atoms with Crippen molar-refractivity contribution in [1.82, 2.24) is 0 Å². The lowest BCUT2D eigenvalue weighted by Crippen LogP contribution is -2.26. The molecule has 4 heteroatoms. The fourth-order valence-electron chi connectivity index (χ4n) is 2.17. The van der Waals surface area contributed by atoms with Crippen molar-refractivity contribution in [2.75, 3.05) is 0 Å². The maximum absolute atomic E-state index is 14.3. The topological polar surface area (TPSA) is 37.3 Å². The van der Waals surface area contributed by atoms with Gasteiger partial charge in [-0.2, -0.15) is 0 Å². The third-order valence-electron chi connectivity index (χ3n) is 2.93. The Morgan fingerprint density at radius 2 is 1.89 bits per heavy atom. The van der Waals surface area contributed by atoms with Gasteiger partial charge in [0.25, 0.3) is 0 Å². The van der Waals surface area contributed by atoms with E-state index in [9.17, 15) is 9.18 Å². The largest absolute Gasteiger partial charge is 0.481 e. The summed E-state index contributed by atoms with van der Waals surface area (Å²) in [4.78, 5) is 10.9. The minimum atomic E-state index is -1.61. The SMILES string of the molecule is CC(C)(F)c1c(Cl)cccc1C(C)(C)CC(=O)O. The van der Waals surface area contributed by atoms with E-state index in [1.165, 1.54) is 13.8 Å². The third kappa shape index (κ3) is 3.22. The van der Waals surface area contributed by atoms with Crippen molar-refractivity contribution in [3.05, 3.63) is 34.3 Å². The van der Waals surface area contributed by atoms with Crippen LogP contribution >= 0.6 is 11.6 Å². The molecule has 0 aliphatic rings. The summed E-state index contributed by atoms with van der Waals surface area (Å²) >= 11 is 6.07. The summed E-state index contributed by atoms with van der Waals surface area (Å²) in [6.45, 7) is 6.41. The molecule has 0 aliphatic heterocycles. The first-order chi connectivity index (χ1) is 8.05.